The number of halogens is 1. The molecule has 0 amide bonds. The van der Waals surface area contributed by atoms with E-state index in [1.54, 1.807) is 24.7 Å². The highest BCUT2D eigenvalue weighted by molar-refractivity contribution is 5.95. The minimum absolute atomic E-state index is 0.191. The van der Waals surface area contributed by atoms with Crippen molar-refractivity contribution in [2.75, 3.05) is 0 Å². The molecule has 7 aromatic rings. The van der Waals surface area contributed by atoms with Crippen molar-refractivity contribution in [2.45, 2.75) is 6.61 Å². The summed E-state index contributed by atoms with van der Waals surface area (Å²) in [6.45, 7) is 0.433. The number of nitrogens with one attached hydrogen (secondary N) is 2. The maximum Gasteiger partial charge on any atom is 0.161 e. The molecular weight excluding hydrogens is 509 g/mol. The number of aromatic amines is 2. The molecule has 0 aliphatic rings. The molecule has 10 heteroatoms. The Bertz CT molecular complexity index is 1980. The van der Waals surface area contributed by atoms with Crippen LogP contribution in [0.1, 0.15) is 5.56 Å². The van der Waals surface area contributed by atoms with E-state index >= 15 is 0 Å². The van der Waals surface area contributed by atoms with Crippen LogP contribution in [-0.2, 0) is 6.61 Å². The van der Waals surface area contributed by atoms with Crippen LogP contribution in [0, 0.1) is 5.82 Å². The van der Waals surface area contributed by atoms with E-state index in [0.717, 1.165) is 22.7 Å². The lowest BCUT2D eigenvalue weighted by Gasteiger charge is -2.08. The summed E-state index contributed by atoms with van der Waals surface area (Å²) in [5.74, 6) is 0.349. The molecule has 40 heavy (non-hydrogen) atoms. The fourth-order valence-corrected chi connectivity index (χ4v) is 4.57. The summed E-state index contributed by atoms with van der Waals surface area (Å²) in [5.41, 5.74) is 6.47. The van der Waals surface area contributed by atoms with E-state index in [-0.39, 0.29) is 5.75 Å². The first-order valence-corrected chi connectivity index (χ1v) is 12.4. The summed E-state index contributed by atoms with van der Waals surface area (Å²) in [4.78, 5) is 21.6. The minimum atomic E-state index is -0.566. The number of hydrogen-bond donors (Lipinski definition) is 3. The van der Waals surface area contributed by atoms with Crippen molar-refractivity contribution in [3.63, 3.8) is 0 Å². The van der Waals surface area contributed by atoms with Crippen molar-refractivity contribution in [2.24, 2.45) is 0 Å². The van der Waals surface area contributed by atoms with Gasteiger partial charge in [0.25, 0.3) is 0 Å². The zero-order valence-electron chi connectivity index (χ0n) is 20.8. The predicted molar refractivity (Wildman–Crippen MR) is 148 cm³/mol. The molecule has 0 saturated heterocycles. The van der Waals surface area contributed by atoms with Crippen LogP contribution in [0.25, 0.3) is 56.1 Å². The Kier molecular flexibility index (Phi) is 5.63. The summed E-state index contributed by atoms with van der Waals surface area (Å²) in [5, 5.41) is 17.4. The lowest BCUT2D eigenvalue weighted by Crippen LogP contribution is -1.96. The molecule has 0 atom stereocenters. The Hall–Kier alpha value is -5.64. The molecule has 2 aromatic carbocycles. The van der Waals surface area contributed by atoms with Crippen molar-refractivity contribution in [1.82, 2.24) is 35.1 Å². The third kappa shape index (κ3) is 4.37. The van der Waals surface area contributed by atoms with E-state index in [4.69, 9.17) is 14.7 Å². The number of nitrogens with zero attached hydrogens (tertiary/aromatic N) is 5. The molecular formula is C30H20FN7O2. The number of hydrogen-bond acceptors (Lipinski definition) is 7. The van der Waals surface area contributed by atoms with E-state index in [1.165, 1.54) is 12.1 Å². The number of rotatable bonds is 6. The fraction of sp³-hybridized carbons (Fsp3) is 0.0333. The van der Waals surface area contributed by atoms with Crippen LogP contribution in [0.2, 0.25) is 0 Å². The molecule has 194 valence electrons. The first-order valence-electron chi connectivity index (χ1n) is 12.4. The maximum absolute atomic E-state index is 14.0. The zero-order valence-corrected chi connectivity index (χ0v) is 20.8. The van der Waals surface area contributed by atoms with Crippen LogP contribution in [0.3, 0.4) is 0 Å². The van der Waals surface area contributed by atoms with Crippen molar-refractivity contribution in [1.29, 1.82) is 0 Å². The molecule has 0 unspecified atom stereocenters. The summed E-state index contributed by atoms with van der Waals surface area (Å²) in [7, 11) is 0. The highest BCUT2D eigenvalue weighted by atomic mass is 19.1. The van der Waals surface area contributed by atoms with Gasteiger partial charge in [-0.15, -0.1) is 0 Å². The fourth-order valence-electron chi connectivity index (χ4n) is 4.57. The Morgan fingerprint density at radius 3 is 2.58 bits per heavy atom. The lowest BCUT2D eigenvalue weighted by molar-refractivity contribution is 0.305. The van der Waals surface area contributed by atoms with Crippen LogP contribution in [0.5, 0.6) is 11.5 Å². The average Bonchev–Trinajstić information content (AvgIpc) is 3.60. The first kappa shape index (κ1) is 23.5. The van der Waals surface area contributed by atoms with Crippen molar-refractivity contribution in [3.05, 3.63) is 103 Å². The van der Waals surface area contributed by atoms with Gasteiger partial charge < -0.3 is 14.8 Å². The summed E-state index contributed by atoms with van der Waals surface area (Å²) in [6.07, 6.45) is 5.00. The number of phenolic OH excluding ortho intramolecular Hbond substituents is 1. The van der Waals surface area contributed by atoms with E-state index in [9.17, 15) is 9.50 Å². The number of benzene rings is 2. The van der Waals surface area contributed by atoms with E-state index in [1.807, 2.05) is 48.5 Å². The minimum Gasteiger partial charge on any atom is -0.508 e. The Labute approximate surface area is 226 Å². The second-order valence-corrected chi connectivity index (χ2v) is 9.19. The summed E-state index contributed by atoms with van der Waals surface area (Å²) >= 11 is 0. The molecule has 3 N–H and O–H groups in total. The number of H-pyrrole nitrogens is 2. The topological polar surface area (TPSA) is 125 Å². The lowest BCUT2D eigenvalue weighted by atomic mass is 10.1. The second kappa shape index (κ2) is 9.59. The van der Waals surface area contributed by atoms with Gasteiger partial charge in [-0.2, -0.15) is 5.10 Å². The molecule has 7 rings (SSSR count). The van der Waals surface area contributed by atoms with Gasteiger partial charge in [0.2, 0.25) is 0 Å². The Morgan fingerprint density at radius 2 is 1.70 bits per heavy atom. The van der Waals surface area contributed by atoms with Gasteiger partial charge in [-0.3, -0.25) is 15.1 Å². The molecule has 0 aliphatic heterocycles. The number of phenols is 1. The number of aromatic hydroxyl groups is 1. The zero-order chi connectivity index (χ0) is 27.1. The number of fused-ring (bicyclic) bond motifs is 2. The van der Waals surface area contributed by atoms with E-state index in [2.05, 4.69) is 25.1 Å². The van der Waals surface area contributed by atoms with Crippen LogP contribution in [-0.4, -0.2) is 40.2 Å². The SMILES string of the molecule is Oc1cc(F)cc(-c2nccc3[nH]c(-c4n[nH]c5ccc(-c6cncc(OCc7ccccc7)c6)nc45)nc23)c1. The molecule has 9 nitrogen and oxygen atoms in total. The van der Waals surface area contributed by atoms with Gasteiger partial charge >= 0.3 is 0 Å². The molecule has 0 radical (unpaired) electrons. The Morgan fingerprint density at radius 1 is 0.825 bits per heavy atom. The summed E-state index contributed by atoms with van der Waals surface area (Å²) < 4.78 is 19.9. The first-order chi connectivity index (χ1) is 19.6. The number of imidazole rings is 1. The predicted octanol–water partition coefficient (Wildman–Crippen LogP) is 6.05. The molecule has 5 aromatic heterocycles. The van der Waals surface area contributed by atoms with Crippen LogP contribution in [0.15, 0.2) is 91.4 Å². The molecule has 0 aliphatic carbocycles. The van der Waals surface area contributed by atoms with Crippen molar-refractivity contribution < 1.29 is 14.2 Å². The second-order valence-electron chi connectivity index (χ2n) is 9.19. The van der Waals surface area contributed by atoms with Gasteiger partial charge in [0.15, 0.2) is 11.5 Å². The normalized spacial score (nSPS) is 11.3. The largest absolute Gasteiger partial charge is 0.508 e. The summed E-state index contributed by atoms with van der Waals surface area (Å²) in [6, 6.07) is 21.2. The highest BCUT2D eigenvalue weighted by Gasteiger charge is 2.18. The maximum atomic E-state index is 14.0. The monoisotopic (exact) mass is 529 g/mol. The van der Waals surface area contributed by atoms with Gasteiger partial charge in [0.05, 0.1) is 28.6 Å². The van der Waals surface area contributed by atoms with Gasteiger partial charge in [-0.05, 0) is 42.0 Å². The van der Waals surface area contributed by atoms with Crippen LogP contribution >= 0.6 is 0 Å². The van der Waals surface area contributed by atoms with Crippen LogP contribution in [0.4, 0.5) is 4.39 Å². The van der Waals surface area contributed by atoms with Crippen molar-refractivity contribution in [3.8, 4) is 45.5 Å². The Balaban J connectivity index is 1.25. The number of pyridine rings is 3. The number of aromatic nitrogens is 7. The van der Waals surface area contributed by atoms with E-state index < -0.39 is 5.82 Å². The van der Waals surface area contributed by atoms with Gasteiger partial charge in [0.1, 0.15) is 35.0 Å². The molecule has 0 fully saturated rings. The quantitative estimate of drug-likeness (QED) is 0.239. The highest BCUT2D eigenvalue weighted by Crippen LogP contribution is 2.32. The third-order valence-corrected chi connectivity index (χ3v) is 6.45. The molecule has 0 spiro atoms. The van der Waals surface area contributed by atoms with Gasteiger partial charge in [0, 0.05) is 29.6 Å². The van der Waals surface area contributed by atoms with Crippen molar-refractivity contribution >= 4 is 22.1 Å². The standard InChI is InChI=1S/C30H20FN7O2/c31-20-10-18(11-21(39)13-20)26-27-24(8-9-33-26)35-30(36-27)29-28-25(37-38-29)7-6-23(34-28)19-12-22(15-32-14-19)40-16-17-4-2-1-3-5-17/h1-15,39H,16H2,(H,35,36)(H,37,38). The molecule has 0 saturated carbocycles. The smallest absolute Gasteiger partial charge is 0.161 e. The number of ether oxygens (including phenoxy) is 1. The van der Waals surface area contributed by atoms with Gasteiger partial charge in [-0.25, -0.2) is 14.4 Å². The van der Waals surface area contributed by atoms with Crippen LogP contribution < -0.4 is 4.74 Å². The molecule has 0 bridgehead atoms. The average molecular weight is 530 g/mol. The third-order valence-electron chi connectivity index (χ3n) is 6.45. The molecule has 5 heterocycles. The van der Waals surface area contributed by atoms with E-state index in [0.29, 0.717) is 57.4 Å². The van der Waals surface area contributed by atoms with Gasteiger partial charge in [-0.1, -0.05) is 30.3 Å².